The second-order valence-corrected chi connectivity index (χ2v) is 8.74. The Labute approximate surface area is 190 Å². The molecule has 31 heavy (non-hydrogen) atoms. The van der Waals surface area contributed by atoms with Gasteiger partial charge in [0.05, 0.1) is 25.8 Å². The third-order valence-corrected chi connectivity index (χ3v) is 6.60. The first-order valence-corrected chi connectivity index (χ1v) is 11.3. The fraction of sp³-hybridized carbons (Fsp3) is 0.304. The number of rotatable bonds is 6. The summed E-state index contributed by atoms with van der Waals surface area (Å²) in [5.41, 5.74) is 2.29. The van der Waals surface area contributed by atoms with Gasteiger partial charge in [0.25, 0.3) is 0 Å². The summed E-state index contributed by atoms with van der Waals surface area (Å²) >= 11 is 7.70. The van der Waals surface area contributed by atoms with Gasteiger partial charge < -0.3 is 9.64 Å². The fourth-order valence-electron chi connectivity index (χ4n) is 3.59. The first-order valence-electron chi connectivity index (χ1n) is 10.1. The van der Waals surface area contributed by atoms with Crippen LogP contribution in [0.4, 0.5) is 4.39 Å². The highest BCUT2D eigenvalue weighted by atomic mass is 35.5. The maximum atomic E-state index is 14.0. The van der Waals surface area contributed by atoms with Crippen molar-refractivity contribution in [3.8, 4) is 17.0 Å². The van der Waals surface area contributed by atoms with Crippen LogP contribution in [0.15, 0.2) is 47.8 Å². The van der Waals surface area contributed by atoms with E-state index in [0.29, 0.717) is 18.1 Å². The Morgan fingerprint density at radius 3 is 2.58 bits per heavy atom. The molecule has 2 heterocycles. The fourth-order valence-corrected chi connectivity index (χ4v) is 4.66. The lowest BCUT2D eigenvalue weighted by Gasteiger charge is -2.34. The Bertz CT molecular complexity index is 1030. The first kappa shape index (κ1) is 21.7. The Balaban J connectivity index is 1.30. The number of hydrogen-bond acceptors (Lipinski definition) is 5. The van der Waals surface area contributed by atoms with Gasteiger partial charge in [-0.1, -0.05) is 17.7 Å². The molecule has 1 aliphatic rings. The highest BCUT2D eigenvalue weighted by Crippen LogP contribution is 2.25. The second kappa shape index (κ2) is 9.77. The van der Waals surface area contributed by atoms with Crippen LogP contribution in [0.5, 0.6) is 5.75 Å². The zero-order valence-corrected chi connectivity index (χ0v) is 18.8. The van der Waals surface area contributed by atoms with Crippen molar-refractivity contribution in [1.82, 2.24) is 14.8 Å². The molecule has 3 aromatic rings. The van der Waals surface area contributed by atoms with E-state index >= 15 is 0 Å². The van der Waals surface area contributed by atoms with Gasteiger partial charge in [0.1, 0.15) is 16.6 Å². The molecule has 8 heteroatoms. The number of carbonyl (C=O) groups is 1. The van der Waals surface area contributed by atoms with Crippen LogP contribution >= 0.6 is 22.9 Å². The van der Waals surface area contributed by atoms with E-state index in [1.807, 2.05) is 24.3 Å². The van der Waals surface area contributed by atoms with E-state index in [1.54, 1.807) is 35.5 Å². The van der Waals surface area contributed by atoms with Crippen molar-refractivity contribution < 1.29 is 13.9 Å². The number of halogens is 2. The van der Waals surface area contributed by atoms with Crippen molar-refractivity contribution in [2.75, 3.05) is 33.3 Å². The summed E-state index contributed by atoms with van der Waals surface area (Å²) in [4.78, 5) is 21.4. The molecule has 1 aliphatic heterocycles. The van der Waals surface area contributed by atoms with E-state index in [4.69, 9.17) is 21.3 Å². The molecular formula is C23H23ClFN3O2S. The maximum Gasteiger partial charge on any atom is 0.227 e. The molecule has 0 atom stereocenters. The lowest BCUT2D eigenvalue weighted by atomic mass is 10.1. The molecule has 4 rings (SSSR count). The average molecular weight is 460 g/mol. The summed E-state index contributed by atoms with van der Waals surface area (Å²) in [7, 11) is 1.65. The number of methoxy groups -OCH3 is 1. The number of amides is 1. The van der Waals surface area contributed by atoms with Gasteiger partial charge in [0.2, 0.25) is 5.91 Å². The molecule has 0 spiro atoms. The molecule has 0 bridgehead atoms. The number of ether oxygens (including phenoxy) is 1. The van der Waals surface area contributed by atoms with Gasteiger partial charge in [-0.3, -0.25) is 9.69 Å². The van der Waals surface area contributed by atoms with Crippen LogP contribution < -0.4 is 4.74 Å². The van der Waals surface area contributed by atoms with Crippen molar-refractivity contribution in [2.45, 2.75) is 13.0 Å². The minimum Gasteiger partial charge on any atom is -0.497 e. The SMILES string of the molecule is COc1ccc(-c2csc(CN3CCN(C(=O)Cc4c(F)cccc4Cl)CC3)n2)cc1. The number of carbonyl (C=O) groups excluding carboxylic acids is 1. The van der Waals surface area contributed by atoms with Crippen molar-refractivity contribution in [3.05, 3.63) is 69.3 Å². The Morgan fingerprint density at radius 1 is 1.16 bits per heavy atom. The summed E-state index contributed by atoms with van der Waals surface area (Å²) in [5.74, 6) is 0.294. The highest BCUT2D eigenvalue weighted by molar-refractivity contribution is 7.09. The van der Waals surface area contributed by atoms with Crippen molar-refractivity contribution in [1.29, 1.82) is 0 Å². The minimum absolute atomic E-state index is 0.0107. The van der Waals surface area contributed by atoms with E-state index in [2.05, 4.69) is 10.3 Å². The summed E-state index contributed by atoms with van der Waals surface area (Å²) in [5, 5.41) is 3.40. The van der Waals surface area contributed by atoms with Gasteiger partial charge in [-0.15, -0.1) is 11.3 Å². The zero-order chi connectivity index (χ0) is 21.8. The predicted octanol–water partition coefficient (Wildman–Crippen LogP) is 4.50. The summed E-state index contributed by atoms with van der Waals surface area (Å²) in [6.07, 6.45) is -0.0107. The lowest BCUT2D eigenvalue weighted by Crippen LogP contribution is -2.48. The van der Waals surface area contributed by atoms with Gasteiger partial charge in [0.15, 0.2) is 0 Å². The highest BCUT2D eigenvalue weighted by Gasteiger charge is 2.23. The topological polar surface area (TPSA) is 45.7 Å². The quantitative estimate of drug-likeness (QED) is 0.544. The first-order chi connectivity index (χ1) is 15.0. The molecule has 1 aromatic heterocycles. The molecule has 0 unspecified atom stereocenters. The minimum atomic E-state index is -0.434. The maximum absolute atomic E-state index is 14.0. The molecule has 0 radical (unpaired) electrons. The van der Waals surface area contributed by atoms with Crippen LogP contribution in [-0.2, 0) is 17.8 Å². The molecule has 0 N–H and O–H groups in total. The Morgan fingerprint density at radius 2 is 1.90 bits per heavy atom. The number of nitrogens with zero attached hydrogens (tertiary/aromatic N) is 3. The molecule has 5 nitrogen and oxygen atoms in total. The van der Waals surface area contributed by atoms with E-state index < -0.39 is 5.82 Å². The number of aromatic nitrogens is 1. The van der Waals surface area contributed by atoms with E-state index in [1.165, 1.54) is 6.07 Å². The summed E-state index contributed by atoms with van der Waals surface area (Å²) in [6.45, 7) is 3.49. The number of hydrogen-bond donors (Lipinski definition) is 0. The van der Waals surface area contributed by atoms with Crippen molar-refractivity contribution >= 4 is 28.8 Å². The summed E-state index contributed by atoms with van der Waals surface area (Å²) in [6, 6.07) is 12.4. The van der Waals surface area contributed by atoms with Crippen LogP contribution in [0, 0.1) is 5.82 Å². The molecular weight excluding hydrogens is 437 g/mol. The average Bonchev–Trinajstić information content (AvgIpc) is 3.25. The predicted molar refractivity (Wildman–Crippen MR) is 121 cm³/mol. The van der Waals surface area contributed by atoms with Gasteiger partial charge in [-0.05, 0) is 36.4 Å². The largest absolute Gasteiger partial charge is 0.497 e. The Kier molecular flexibility index (Phi) is 6.85. The van der Waals surface area contributed by atoms with Gasteiger partial charge in [-0.2, -0.15) is 0 Å². The molecule has 0 saturated carbocycles. The van der Waals surface area contributed by atoms with Crippen molar-refractivity contribution in [3.63, 3.8) is 0 Å². The molecule has 162 valence electrons. The third-order valence-electron chi connectivity index (χ3n) is 5.41. The molecule has 1 amide bonds. The molecule has 2 aromatic carbocycles. The van der Waals surface area contributed by atoms with Crippen LogP contribution in [-0.4, -0.2) is 54.0 Å². The second-order valence-electron chi connectivity index (χ2n) is 7.39. The van der Waals surface area contributed by atoms with Crippen LogP contribution in [0.1, 0.15) is 10.6 Å². The van der Waals surface area contributed by atoms with E-state index in [0.717, 1.165) is 41.6 Å². The van der Waals surface area contributed by atoms with Crippen molar-refractivity contribution in [2.24, 2.45) is 0 Å². The lowest BCUT2D eigenvalue weighted by molar-refractivity contribution is -0.132. The standard InChI is InChI=1S/C23H23ClFN3O2S/c1-30-17-7-5-16(6-8-17)21-15-31-22(26-21)14-27-9-11-28(12-10-27)23(29)13-18-19(24)3-2-4-20(18)25/h2-8,15H,9-14H2,1H3. The van der Waals surface area contributed by atoms with Crippen LogP contribution in [0.25, 0.3) is 11.3 Å². The normalized spacial score (nSPS) is 14.6. The zero-order valence-electron chi connectivity index (χ0n) is 17.2. The van der Waals surface area contributed by atoms with Gasteiger partial charge in [0, 0.05) is 47.7 Å². The van der Waals surface area contributed by atoms with Crippen LogP contribution in [0.2, 0.25) is 5.02 Å². The summed E-state index contributed by atoms with van der Waals surface area (Å²) < 4.78 is 19.2. The molecule has 1 fully saturated rings. The number of benzene rings is 2. The number of piperazine rings is 1. The monoisotopic (exact) mass is 459 g/mol. The van der Waals surface area contributed by atoms with E-state index in [9.17, 15) is 9.18 Å². The Hall–Kier alpha value is -2.48. The number of thiazole rings is 1. The van der Waals surface area contributed by atoms with Gasteiger partial charge in [-0.25, -0.2) is 9.37 Å². The third kappa shape index (κ3) is 5.23. The van der Waals surface area contributed by atoms with Crippen LogP contribution in [0.3, 0.4) is 0 Å². The molecule has 1 saturated heterocycles. The smallest absolute Gasteiger partial charge is 0.227 e. The van der Waals surface area contributed by atoms with Gasteiger partial charge >= 0.3 is 0 Å². The van der Waals surface area contributed by atoms with E-state index in [-0.39, 0.29) is 17.9 Å². The molecule has 0 aliphatic carbocycles.